The van der Waals surface area contributed by atoms with Gasteiger partial charge < -0.3 is 33.8 Å². The maximum absolute atomic E-state index is 13.1. The van der Waals surface area contributed by atoms with Crippen LogP contribution in [-0.2, 0) is 65.4 Å². The van der Waals surface area contributed by atoms with Crippen LogP contribution in [0.4, 0.5) is 0 Å². The highest BCUT2D eigenvalue weighted by atomic mass is 31.2. The molecular weight excluding hydrogens is 1260 g/mol. The van der Waals surface area contributed by atoms with Crippen LogP contribution in [-0.4, -0.2) is 96.7 Å². The van der Waals surface area contributed by atoms with E-state index in [9.17, 15) is 43.2 Å². The van der Waals surface area contributed by atoms with Crippen LogP contribution in [0.25, 0.3) is 0 Å². The van der Waals surface area contributed by atoms with Crippen LogP contribution in [0.5, 0.6) is 0 Å². The normalized spacial score (nSPS) is 14.4. The van der Waals surface area contributed by atoms with Gasteiger partial charge in [-0.25, -0.2) is 9.13 Å². The first-order valence-electron chi connectivity index (χ1n) is 37.8. The van der Waals surface area contributed by atoms with E-state index in [2.05, 4.69) is 113 Å². The molecule has 17 nitrogen and oxygen atoms in total. The van der Waals surface area contributed by atoms with Crippen LogP contribution in [0.15, 0.2) is 85.1 Å². The van der Waals surface area contributed by atoms with Gasteiger partial charge in [0.25, 0.3) is 0 Å². The summed E-state index contributed by atoms with van der Waals surface area (Å²) >= 11 is 0. The van der Waals surface area contributed by atoms with Crippen LogP contribution in [0, 0.1) is 0 Å². The van der Waals surface area contributed by atoms with Crippen LogP contribution in [0.2, 0.25) is 0 Å². The van der Waals surface area contributed by atoms with Gasteiger partial charge in [-0.2, -0.15) is 0 Å². The van der Waals surface area contributed by atoms with E-state index in [0.29, 0.717) is 25.7 Å². The second-order valence-corrected chi connectivity index (χ2v) is 28.1. The summed E-state index contributed by atoms with van der Waals surface area (Å²) in [6.45, 7) is 4.66. The molecule has 0 fully saturated rings. The molecule has 0 aromatic carbocycles. The number of carbonyl (C=O) groups excluding carboxylic acids is 4. The Morgan fingerprint density at radius 3 is 0.896 bits per heavy atom. The Labute approximate surface area is 583 Å². The third-order valence-electron chi connectivity index (χ3n) is 15.8. The molecule has 96 heavy (non-hydrogen) atoms. The SMILES string of the molecule is CC/C=C\C/C=C\C/C=C\C/C=C\CCCCCCCCC(=O)OCC(COP(=O)(O)OCC(O)COP(=O)(O)OCC(COC(=O)CCCCCCC/C=C\C/C=C\CCC)OC(=O)CCCCCCC/C=C\CCCCCC)OC(=O)CCCCCCCCCCCCC. The number of hydrogen-bond donors (Lipinski definition) is 3. The first kappa shape index (κ1) is 92.2. The van der Waals surface area contributed by atoms with Gasteiger partial charge in [-0.1, -0.05) is 267 Å². The van der Waals surface area contributed by atoms with Crippen molar-refractivity contribution in [2.75, 3.05) is 39.6 Å². The number of aliphatic hydroxyl groups excluding tert-OH is 1. The first-order valence-corrected chi connectivity index (χ1v) is 40.8. The molecule has 19 heteroatoms. The zero-order valence-electron chi connectivity index (χ0n) is 60.5. The number of allylic oxidation sites excluding steroid dienone is 14. The fourth-order valence-electron chi connectivity index (χ4n) is 10.1. The lowest BCUT2D eigenvalue weighted by atomic mass is 10.1. The molecule has 0 saturated heterocycles. The lowest BCUT2D eigenvalue weighted by molar-refractivity contribution is -0.161. The molecule has 0 aliphatic carbocycles. The Hall–Kier alpha value is -3.76. The van der Waals surface area contributed by atoms with Crippen molar-refractivity contribution in [3.05, 3.63) is 85.1 Å². The maximum atomic E-state index is 13.1. The fourth-order valence-corrected chi connectivity index (χ4v) is 11.6. The summed E-state index contributed by atoms with van der Waals surface area (Å²) in [7, 11) is -9.94. The number of esters is 4. The Morgan fingerprint density at radius 1 is 0.302 bits per heavy atom. The largest absolute Gasteiger partial charge is 0.472 e. The number of aliphatic hydroxyl groups is 1. The smallest absolute Gasteiger partial charge is 0.462 e. The predicted octanol–water partition coefficient (Wildman–Crippen LogP) is 21.4. The van der Waals surface area contributed by atoms with Crippen molar-refractivity contribution in [3.63, 3.8) is 0 Å². The second-order valence-electron chi connectivity index (χ2n) is 25.2. The summed E-state index contributed by atoms with van der Waals surface area (Å²) < 4.78 is 68.4. The zero-order valence-corrected chi connectivity index (χ0v) is 62.3. The Balaban J connectivity index is 5.30. The third kappa shape index (κ3) is 68.8. The Morgan fingerprint density at radius 2 is 0.562 bits per heavy atom. The van der Waals surface area contributed by atoms with Crippen LogP contribution >= 0.6 is 15.6 Å². The number of rotatable bonds is 71. The summed E-state index contributed by atoms with van der Waals surface area (Å²) in [6.07, 6.45) is 70.1. The molecule has 556 valence electrons. The van der Waals surface area contributed by atoms with Crippen molar-refractivity contribution in [1.82, 2.24) is 0 Å². The maximum Gasteiger partial charge on any atom is 0.472 e. The molecule has 0 saturated carbocycles. The number of carbonyl (C=O) groups is 4. The van der Waals surface area contributed by atoms with Gasteiger partial charge in [0, 0.05) is 25.7 Å². The van der Waals surface area contributed by atoms with Gasteiger partial charge in [-0.15, -0.1) is 0 Å². The van der Waals surface area contributed by atoms with E-state index in [1.807, 2.05) is 0 Å². The predicted molar refractivity (Wildman–Crippen MR) is 390 cm³/mol. The van der Waals surface area contributed by atoms with Gasteiger partial charge in [-0.3, -0.25) is 37.3 Å². The lowest BCUT2D eigenvalue weighted by Crippen LogP contribution is -2.30. The molecule has 0 bridgehead atoms. The third-order valence-corrected chi connectivity index (χ3v) is 17.7. The van der Waals surface area contributed by atoms with Crippen molar-refractivity contribution in [2.45, 2.75) is 341 Å². The Kier molecular flexibility index (Phi) is 67.0. The number of hydrogen-bond acceptors (Lipinski definition) is 15. The van der Waals surface area contributed by atoms with Gasteiger partial charge in [0.2, 0.25) is 0 Å². The summed E-state index contributed by atoms with van der Waals surface area (Å²) in [6, 6.07) is 0. The fraction of sp³-hybridized carbons (Fsp3) is 0.766. The average Bonchev–Trinajstić information content (AvgIpc) is 1.11. The number of phosphoric ester groups is 2. The van der Waals surface area contributed by atoms with Crippen molar-refractivity contribution in [3.8, 4) is 0 Å². The van der Waals surface area contributed by atoms with Gasteiger partial charge >= 0.3 is 39.5 Å². The highest BCUT2D eigenvalue weighted by Crippen LogP contribution is 2.45. The topological polar surface area (TPSA) is 237 Å². The van der Waals surface area contributed by atoms with Crippen molar-refractivity contribution < 1.29 is 80.2 Å². The first-order chi connectivity index (χ1) is 46.7. The summed E-state index contributed by atoms with van der Waals surface area (Å²) in [5, 5.41) is 10.6. The van der Waals surface area contributed by atoms with Crippen molar-refractivity contribution in [1.29, 1.82) is 0 Å². The quantitative estimate of drug-likeness (QED) is 0.0169. The van der Waals surface area contributed by atoms with Gasteiger partial charge in [0.15, 0.2) is 12.2 Å². The zero-order chi connectivity index (χ0) is 70.4. The molecule has 5 unspecified atom stereocenters. The molecule has 0 spiro atoms. The molecule has 0 aliphatic heterocycles. The van der Waals surface area contributed by atoms with E-state index in [0.717, 1.165) is 180 Å². The second kappa shape index (κ2) is 69.7. The van der Waals surface area contributed by atoms with Gasteiger partial charge in [0.05, 0.1) is 26.4 Å². The minimum Gasteiger partial charge on any atom is -0.462 e. The average molecular weight is 1400 g/mol. The molecule has 0 aromatic rings. The number of unbranched alkanes of at least 4 members (excludes halogenated alkanes) is 31. The lowest BCUT2D eigenvalue weighted by Gasteiger charge is -2.21. The van der Waals surface area contributed by atoms with Crippen molar-refractivity contribution in [2.24, 2.45) is 0 Å². The monoisotopic (exact) mass is 1390 g/mol. The molecule has 0 amide bonds. The molecule has 0 radical (unpaired) electrons. The van der Waals surface area contributed by atoms with Gasteiger partial charge in [0.1, 0.15) is 19.3 Å². The van der Waals surface area contributed by atoms with Crippen LogP contribution < -0.4 is 0 Å². The Bertz CT molecular complexity index is 2160. The van der Waals surface area contributed by atoms with Crippen LogP contribution in [0.1, 0.15) is 323 Å². The molecule has 3 N–H and O–H groups in total. The summed E-state index contributed by atoms with van der Waals surface area (Å²) in [4.78, 5) is 72.7. The molecule has 5 atom stereocenters. The molecule has 0 rings (SSSR count). The van der Waals surface area contributed by atoms with E-state index >= 15 is 0 Å². The van der Waals surface area contributed by atoms with Gasteiger partial charge in [-0.05, 0) is 116 Å². The molecular formula is C77H136O17P2. The van der Waals surface area contributed by atoms with E-state index < -0.39 is 97.5 Å². The minimum atomic E-state index is -4.97. The summed E-state index contributed by atoms with van der Waals surface area (Å²) in [5.74, 6) is -2.20. The van der Waals surface area contributed by atoms with E-state index in [-0.39, 0.29) is 25.7 Å². The highest BCUT2D eigenvalue weighted by molar-refractivity contribution is 7.47. The van der Waals surface area contributed by atoms with Crippen LogP contribution in [0.3, 0.4) is 0 Å². The molecule has 0 heterocycles. The standard InChI is InChI=1S/C77H136O17P2/c1-5-9-13-17-21-25-29-32-33-34-35-36-37-40-43-46-50-54-58-62-75(80)88-67-72(93-76(81)63-59-55-51-47-41-28-24-20-16-12-8-4)69-91-95(83,84)89-65-71(78)66-90-96(85,86)92-70-73(94-77(82)64-60-56-52-48-44-39-31-27-23-19-15-11-7-3)68-87-74(79)61-57-53-49-45-42-38-30-26-22-18-14-10-6-2/h9,13-14,18,21,25-27,30-33,35-36,71-73,78H,5-8,10-12,15-17,19-20,22-24,28-29,34,37-70H2,1-4H3,(H,83,84)(H,85,86)/b13-9-,18-14-,25-21-,30-26-,31-27-,33-32-,36-35-. The molecule has 0 aromatic heterocycles. The summed E-state index contributed by atoms with van der Waals surface area (Å²) in [5.41, 5.74) is 0. The highest BCUT2D eigenvalue weighted by Gasteiger charge is 2.30. The number of phosphoric acid groups is 2. The number of ether oxygens (including phenoxy) is 4. The van der Waals surface area contributed by atoms with E-state index in [1.165, 1.54) is 64.2 Å². The van der Waals surface area contributed by atoms with E-state index in [4.69, 9.17) is 37.0 Å². The molecule has 0 aliphatic rings. The van der Waals surface area contributed by atoms with Crippen molar-refractivity contribution >= 4 is 39.5 Å². The van der Waals surface area contributed by atoms with E-state index in [1.54, 1.807) is 0 Å². The minimum absolute atomic E-state index is 0.0837.